The van der Waals surface area contributed by atoms with E-state index in [2.05, 4.69) is 20.3 Å². The number of hydrogen-bond donors (Lipinski definition) is 2. The van der Waals surface area contributed by atoms with E-state index in [0.717, 1.165) is 36.9 Å². The molecule has 0 saturated heterocycles. The number of amides is 2. The fourth-order valence-electron chi connectivity index (χ4n) is 5.08. The molecule has 5 rings (SSSR count). The second kappa shape index (κ2) is 8.98. The van der Waals surface area contributed by atoms with Crippen LogP contribution in [0.5, 0.6) is 5.88 Å². The van der Waals surface area contributed by atoms with Gasteiger partial charge in [0.25, 0.3) is 11.8 Å². The molecule has 9 nitrogen and oxygen atoms in total. The molecule has 2 fully saturated rings. The van der Waals surface area contributed by atoms with Crippen molar-refractivity contribution in [3.8, 4) is 17.1 Å². The first-order valence-electron chi connectivity index (χ1n) is 11.7. The molecule has 2 aromatic heterocycles. The number of pyridine rings is 1. The summed E-state index contributed by atoms with van der Waals surface area (Å²) in [5, 5.41) is 3.44. The summed E-state index contributed by atoms with van der Waals surface area (Å²) in [6.45, 7) is 0. The van der Waals surface area contributed by atoms with Crippen molar-refractivity contribution in [3.05, 3.63) is 66.0 Å². The van der Waals surface area contributed by atoms with Crippen molar-refractivity contribution >= 4 is 17.8 Å². The molecule has 1 spiro atoms. The van der Waals surface area contributed by atoms with Crippen molar-refractivity contribution in [1.82, 2.24) is 19.9 Å². The van der Waals surface area contributed by atoms with Crippen LogP contribution in [0.1, 0.15) is 46.4 Å². The Morgan fingerprint density at radius 2 is 1.86 bits per heavy atom. The van der Waals surface area contributed by atoms with E-state index in [0.29, 0.717) is 29.0 Å². The summed E-state index contributed by atoms with van der Waals surface area (Å²) in [6.07, 6.45) is 7.25. The van der Waals surface area contributed by atoms with Gasteiger partial charge in [-0.2, -0.15) is 0 Å². The molecule has 0 atom stereocenters. The molecule has 0 unspecified atom stereocenters. The quantitative estimate of drug-likeness (QED) is 0.541. The van der Waals surface area contributed by atoms with E-state index >= 15 is 0 Å². The number of nitrogens with one attached hydrogen (secondary N) is 1. The third-order valence-electron chi connectivity index (χ3n) is 6.80. The number of primary amides is 1. The number of hydrogen-bond acceptors (Lipinski definition) is 7. The highest BCUT2D eigenvalue weighted by Crippen LogP contribution is 2.57. The minimum absolute atomic E-state index is 0.0423. The number of carbonyl (C=O) groups is 2. The van der Waals surface area contributed by atoms with Crippen LogP contribution in [0.3, 0.4) is 0 Å². The van der Waals surface area contributed by atoms with Gasteiger partial charge in [0, 0.05) is 43.7 Å². The van der Waals surface area contributed by atoms with Crippen molar-refractivity contribution < 1.29 is 14.3 Å². The van der Waals surface area contributed by atoms with Crippen LogP contribution in [0.2, 0.25) is 0 Å². The molecule has 0 bridgehead atoms. The molecular formula is C26H28N6O3. The maximum atomic E-state index is 12.3. The molecule has 2 heterocycles. The maximum absolute atomic E-state index is 12.3. The molecule has 0 radical (unpaired) electrons. The fraction of sp³-hybridized carbons (Fsp3) is 0.346. The van der Waals surface area contributed by atoms with Gasteiger partial charge >= 0.3 is 0 Å². The smallest absolute Gasteiger partial charge is 0.254 e. The van der Waals surface area contributed by atoms with Crippen LogP contribution in [-0.2, 0) is 0 Å². The Kier molecular flexibility index (Phi) is 5.84. The highest BCUT2D eigenvalue weighted by atomic mass is 16.5. The lowest BCUT2D eigenvalue weighted by Gasteiger charge is -2.57. The molecule has 3 N–H and O–H groups in total. The summed E-state index contributed by atoms with van der Waals surface area (Å²) in [7, 11) is 3.47. The van der Waals surface area contributed by atoms with Crippen molar-refractivity contribution in [2.75, 3.05) is 19.4 Å². The second-order valence-electron chi connectivity index (χ2n) is 9.66. The van der Waals surface area contributed by atoms with Gasteiger partial charge < -0.3 is 20.7 Å². The molecule has 180 valence electrons. The first-order valence-corrected chi connectivity index (χ1v) is 11.7. The first-order chi connectivity index (χ1) is 16.8. The molecule has 2 aliphatic rings. The molecular weight excluding hydrogens is 444 g/mol. The Hall–Kier alpha value is -4.01. The van der Waals surface area contributed by atoms with E-state index in [9.17, 15) is 9.59 Å². The van der Waals surface area contributed by atoms with Gasteiger partial charge in [-0.25, -0.2) is 15.0 Å². The van der Waals surface area contributed by atoms with Crippen LogP contribution in [0, 0.1) is 5.41 Å². The summed E-state index contributed by atoms with van der Waals surface area (Å²) in [6, 6.07) is 12.9. The number of benzene rings is 1. The van der Waals surface area contributed by atoms with Crippen LogP contribution in [0.4, 0.5) is 5.95 Å². The minimum Gasteiger partial charge on any atom is -0.474 e. The number of aromatic nitrogens is 3. The molecule has 9 heteroatoms. The number of nitrogens with zero attached hydrogens (tertiary/aromatic N) is 4. The van der Waals surface area contributed by atoms with Gasteiger partial charge in [-0.05, 0) is 61.4 Å². The largest absolute Gasteiger partial charge is 0.474 e. The molecule has 2 saturated carbocycles. The number of carbonyl (C=O) groups excluding carboxylic acids is 2. The number of rotatable bonds is 7. The number of ether oxygens (including phenoxy) is 1. The highest BCUT2D eigenvalue weighted by Gasteiger charge is 2.54. The summed E-state index contributed by atoms with van der Waals surface area (Å²) in [4.78, 5) is 38.7. The molecule has 2 aliphatic carbocycles. The van der Waals surface area contributed by atoms with E-state index in [1.54, 1.807) is 49.6 Å². The summed E-state index contributed by atoms with van der Waals surface area (Å²) >= 11 is 0. The first kappa shape index (κ1) is 22.8. The Morgan fingerprint density at radius 3 is 2.60 bits per heavy atom. The van der Waals surface area contributed by atoms with E-state index in [4.69, 9.17) is 10.5 Å². The Morgan fingerprint density at radius 1 is 1.06 bits per heavy atom. The van der Waals surface area contributed by atoms with E-state index in [1.165, 1.54) is 0 Å². The topological polar surface area (TPSA) is 123 Å². The third kappa shape index (κ3) is 4.66. The zero-order chi connectivity index (χ0) is 24.6. The van der Waals surface area contributed by atoms with Gasteiger partial charge in [-0.15, -0.1) is 0 Å². The standard InChI is InChI=1S/C26H28N6O3/c1-32(2)24(34)17-6-3-5-16(11-17)21-8-10-29-25(31-21)30-18-12-26(13-18)14-19(15-26)35-23-20(22(27)33)7-4-9-28-23/h3-11,18-19H,12-15H2,1-2H3,(H2,27,33)(H,29,30,31). The van der Waals surface area contributed by atoms with Crippen molar-refractivity contribution in [1.29, 1.82) is 0 Å². The van der Waals surface area contributed by atoms with Crippen molar-refractivity contribution in [2.45, 2.75) is 37.8 Å². The molecule has 1 aromatic carbocycles. The average Bonchev–Trinajstić information content (AvgIpc) is 2.81. The summed E-state index contributed by atoms with van der Waals surface area (Å²) in [5.41, 5.74) is 8.24. The maximum Gasteiger partial charge on any atom is 0.254 e. The SMILES string of the molecule is CN(C)C(=O)c1cccc(-c2ccnc(NC3CC4(C3)CC(Oc3ncccc3C(N)=O)C4)n2)c1. The average molecular weight is 473 g/mol. The molecule has 2 amide bonds. The molecule has 3 aromatic rings. The molecule has 0 aliphatic heterocycles. The van der Waals surface area contributed by atoms with E-state index < -0.39 is 5.91 Å². The number of anilines is 1. The number of nitrogens with two attached hydrogens (primary N) is 1. The van der Waals surface area contributed by atoms with Gasteiger partial charge in [0.15, 0.2) is 0 Å². The lowest BCUT2D eigenvalue weighted by Crippen LogP contribution is -2.56. The van der Waals surface area contributed by atoms with Crippen molar-refractivity contribution in [2.24, 2.45) is 11.1 Å². The monoisotopic (exact) mass is 472 g/mol. The van der Waals surface area contributed by atoms with E-state index in [1.807, 2.05) is 24.3 Å². The zero-order valence-electron chi connectivity index (χ0n) is 19.8. The van der Waals surface area contributed by atoms with Crippen molar-refractivity contribution in [3.63, 3.8) is 0 Å². The Bertz CT molecular complexity index is 1260. The Balaban J connectivity index is 1.16. The molecule has 35 heavy (non-hydrogen) atoms. The summed E-state index contributed by atoms with van der Waals surface area (Å²) < 4.78 is 5.95. The van der Waals surface area contributed by atoms with Gasteiger partial charge in [0.05, 0.1) is 5.69 Å². The third-order valence-corrected chi connectivity index (χ3v) is 6.80. The second-order valence-corrected chi connectivity index (χ2v) is 9.66. The van der Waals surface area contributed by atoms with Crippen LogP contribution >= 0.6 is 0 Å². The predicted molar refractivity (Wildman–Crippen MR) is 131 cm³/mol. The lowest BCUT2D eigenvalue weighted by molar-refractivity contribution is -0.0760. The van der Waals surface area contributed by atoms with Gasteiger partial charge in [0.1, 0.15) is 11.7 Å². The van der Waals surface area contributed by atoms with Crippen LogP contribution in [0.25, 0.3) is 11.3 Å². The van der Waals surface area contributed by atoms with Crippen LogP contribution in [-0.4, -0.2) is 57.9 Å². The normalized spacial score (nSPS) is 22.6. The summed E-state index contributed by atoms with van der Waals surface area (Å²) in [5.74, 6) is 0.317. The van der Waals surface area contributed by atoms with Gasteiger partial charge in [-0.1, -0.05) is 12.1 Å². The van der Waals surface area contributed by atoms with Crippen LogP contribution < -0.4 is 15.8 Å². The predicted octanol–water partition coefficient (Wildman–Crippen LogP) is 3.14. The fourth-order valence-corrected chi connectivity index (χ4v) is 5.08. The Labute approximate surface area is 203 Å². The minimum atomic E-state index is -0.534. The zero-order valence-corrected chi connectivity index (χ0v) is 19.8. The van der Waals surface area contributed by atoms with Gasteiger partial charge in [-0.3, -0.25) is 9.59 Å². The highest BCUT2D eigenvalue weighted by molar-refractivity contribution is 5.95. The van der Waals surface area contributed by atoms with Gasteiger partial charge in [0.2, 0.25) is 11.8 Å². The lowest BCUT2D eigenvalue weighted by atomic mass is 9.53. The van der Waals surface area contributed by atoms with E-state index in [-0.39, 0.29) is 17.4 Å². The van der Waals surface area contributed by atoms with Crippen LogP contribution in [0.15, 0.2) is 54.9 Å².